The standard InChI is InChI=1S/C23H22ClFO3/c1-12-6-7-13(15-9-8-14(24)11-17(15)25)10-16(12)18-19(26)22(2,3)21(28)23(4,5)20(18)27/h6-11,26H,1-5H3. The summed E-state index contributed by atoms with van der Waals surface area (Å²) in [5.41, 5.74) is -0.223. The molecule has 0 saturated heterocycles. The van der Waals surface area contributed by atoms with E-state index in [0.717, 1.165) is 5.56 Å². The van der Waals surface area contributed by atoms with Gasteiger partial charge in [-0.1, -0.05) is 23.7 Å². The number of benzene rings is 2. The van der Waals surface area contributed by atoms with Crippen molar-refractivity contribution < 1.29 is 19.1 Å². The monoisotopic (exact) mass is 400 g/mol. The van der Waals surface area contributed by atoms with Crippen molar-refractivity contribution in [3.05, 3.63) is 64.1 Å². The Morgan fingerprint density at radius 2 is 1.57 bits per heavy atom. The van der Waals surface area contributed by atoms with E-state index in [0.29, 0.717) is 21.7 Å². The van der Waals surface area contributed by atoms with Crippen molar-refractivity contribution in [2.75, 3.05) is 0 Å². The molecule has 1 aliphatic carbocycles. The average Bonchev–Trinajstić information content (AvgIpc) is 2.61. The third kappa shape index (κ3) is 2.96. The van der Waals surface area contributed by atoms with Crippen LogP contribution in [0.4, 0.5) is 4.39 Å². The molecule has 28 heavy (non-hydrogen) atoms. The highest BCUT2D eigenvalue weighted by Crippen LogP contribution is 2.47. The lowest BCUT2D eigenvalue weighted by molar-refractivity contribution is -0.143. The Bertz CT molecular complexity index is 1050. The minimum atomic E-state index is -1.26. The summed E-state index contributed by atoms with van der Waals surface area (Å²) in [6, 6.07) is 9.57. The van der Waals surface area contributed by atoms with Crippen LogP contribution in [-0.2, 0) is 9.59 Å². The van der Waals surface area contributed by atoms with Crippen LogP contribution in [0.25, 0.3) is 16.7 Å². The van der Waals surface area contributed by atoms with Crippen LogP contribution < -0.4 is 0 Å². The molecule has 146 valence electrons. The molecule has 3 rings (SSSR count). The van der Waals surface area contributed by atoms with Crippen molar-refractivity contribution in [2.45, 2.75) is 34.6 Å². The molecule has 0 amide bonds. The molecule has 0 saturated carbocycles. The van der Waals surface area contributed by atoms with Crippen molar-refractivity contribution >= 4 is 28.7 Å². The van der Waals surface area contributed by atoms with Crippen molar-refractivity contribution in [2.24, 2.45) is 10.8 Å². The second-order valence-corrected chi connectivity index (χ2v) is 8.72. The maximum atomic E-state index is 14.4. The van der Waals surface area contributed by atoms with E-state index >= 15 is 0 Å². The summed E-state index contributed by atoms with van der Waals surface area (Å²) in [7, 11) is 0. The van der Waals surface area contributed by atoms with E-state index < -0.39 is 22.4 Å². The fourth-order valence-corrected chi connectivity index (χ4v) is 3.92. The second-order valence-electron chi connectivity index (χ2n) is 8.29. The molecule has 0 aliphatic heterocycles. The van der Waals surface area contributed by atoms with Gasteiger partial charge >= 0.3 is 0 Å². The Labute approximate surface area is 168 Å². The Morgan fingerprint density at radius 3 is 2.18 bits per heavy atom. The molecular weight excluding hydrogens is 379 g/mol. The summed E-state index contributed by atoms with van der Waals surface area (Å²) in [4.78, 5) is 25.9. The molecule has 0 bridgehead atoms. The van der Waals surface area contributed by atoms with Crippen LogP contribution in [0.3, 0.4) is 0 Å². The molecule has 3 nitrogen and oxygen atoms in total. The number of carbonyl (C=O) groups excluding carboxylic acids is 2. The number of hydrogen-bond donors (Lipinski definition) is 1. The maximum absolute atomic E-state index is 14.4. The summed E-state index contributed by atoms with van der Waals surface area (Å²) in [6.07, 6.45) is 0. The molecular formula is C23H22ClFO3. The van der Waals surface area contributed by atoms with Gasteiger partial charge in [-0.25, -0.2) is 4.39 Å². The Hall–Kier alpha value is -2.46. The van der Waals surface area contributed by atoms with Crippen LogP contribution in [0.1, 0.15) is 38.8 Å². The first-order chi connectivity index (χ1) is 12.9. The number of carbonyl (C=O) groups is 2. The number of aliphatic hydroxyl groups excluding tert-OH is 1. The zero-order chi connectivity index (χ0) is 21.0. The van der Waals surface area contributed by atoms with E-state index in [1.165, 1.54) is 6.07 Å². The first-order valence-electron chi connectivity index (χ1n) is 8.99. The molecule has 0 fully saturated rings. The Kier molecular flexibility index (Phi) is 4.75. The minimum absolute atomic E-state index is 0.114. The van der Waals surface area contributed by atoms with Gasteiger partial charge in [0.05, 0.1) is 16.4 Å². The number of Topliss-reactive ketones (excluding diaryl/α,β-unsaturated/α-hetero) is 2. The molecule has 0 atom stereocenters. The summed E-state index contributed by atoms with van der Waals surface area (Å²) in [5, 5.41) is 11.1. The number of ketones is 2. The van der Waals surface area contributed by atoms with Crippen molar-refractivity contribution in [3.63, 3.8) is 0 Å². The number of aryl methyl sites for hydroxylation is 1. The summed E-state index contributed by atoms with van der Waals surface area (Å²) >= 11 is 5.84. The van der Waals surface area contributed by atoms with Crippen LogP contribution >= 0.6 is 11.6 Å². The van der Waals surface area contributed by atoms with Gasteiger partial charge in [0.2, 0.25) is 0 Å². The third-order valence-electron chi connectivity index (χ3n) is 5.51. The quantitative estimate of drug-likeness (QED) is 0.636. The SMILES string of the molecule is Cc1ccc(-c2ccc(Cl)cc2F)cc1C1=C(O)C(C)(C)C(=O)C(C)(C)C1=O. The summed E-state index contributed by atoms with van der Waals surface area (Å²) in [6.45, 7) is 8.17. The zero-order valence-corrected chi connectivity index (χ0v) is 17.2. The summed E-state index contributed by atoms with van der Waals surface area (Å²) in [5.74, 6) is -1.50. The number of aliphatic hydroxyl groups is 1. The van der Waals surface area contributed by atoms with Gasteiger partial charge in [0.25, 0.3) is 0 Å². The highest BCUT2D eigenvalue weighted by Gasteiger charge is 2.53. The van der Waals surface area contributed by atoms with Crippen LogP contribution in [0, 0.1) is 23.6 Å². The zero-order valence-electron chi connectivity index (χ0n) is 16.5. The largest absolute Gasteiger partial charge is 0.510 e. The molecule has 2 aromatic rings. The van der Waals surface area contributed by atoms with E-state index in [4.69, 9.17) is 11.6 Å². The van der Waals surface area contributed by atoms with Gasteiger partial charge in [-0.2, -0.15) is 0 Å². The van der Waals surface area contributed by atoms with Crippen molar-refractivity contribution in [1.29, 1.82) is 0 Å². The van der Waals surface area contributed by atoms with Crippen LogP contribution in [-0.4, -0.2) is 16.7 Å². The van der Waals surface area contributed by atoms with Gasteiger partial charge in [0.1, 0.15) is 11.6 Å². The van der Waals surface area contributed by atoms with Crippen LogP contribution in [0.2, 0.25) is 5.02 Å². The van der Waals surface area contributed by atoms with Crippen molar-refractivity contribution in [1.82, 2.24) is 0 Å². The highest BCUT2D eigenvalue weighted by atomic mass is 35.5. The van der Waals surface area contributed by atoms with E-state index in [2.05, 4.69) is 0 Å². The lowest BCUT2D eigenvalue weighted by Crippen LogP contribution is -2.48. The lowest BCUT2D eigenvalue weighted by Gasteiger charge is -2.38. The number of allylic oxidation sites excluding steroid dienone is 2. The molecule has 2 aromatic carbocycles. The first-order valence-corrected chi connectivity index (χ1v) is 9.36. The van der Waals surface area contributed by atoms with Gasteiger partial charge in [-0.15, -0.1) is 0 Å². The van der Waals surface area contributed by atoms with E-state index in [9.17, 15) is 19.1 Å². The number of rotatable bonds is 2. The molecule has 5 heteroatoms. The van der Waals surface area contributed by atoms with Crippen molar-refractivity contribution in [3.8, 4) is 11.1 Å². The van der Waals surface area contributed by atoms with E-state index in [-0.39, 0.29) is 17.1 Å². The van der Waals surface area contributed by atoms with Gasteiger partial charge in [-0.3, -0.25) is 9.59 Å². The predicted molar refractivity (Wildman–Crippen MR) is 109 cm³/mol. The molecule has 0 heterocycles. The van der Waals surface area contributed by atoms with Crippen LogP contribution in [0.5, 0.6) is 0 Å². The van der Waals surface area contributed by atoms with Gasteiger partial charge < -0.3 is 5.11 Å². The fourth-order valence-electron chi connectivity index (χ4n) is 3.76. The smallest absolute Gasteiger partial charge is 0.179 e. The molecule has 1 N–H and O–H groups in total. The van der Waals surface area contributed by atoms with E-state index in [1.807, 2.05) is 0 Å². The highest BCUT2D eigenvalue weighted by molar-refractivity contribution is 6.34. The van der Waals surface area contributed by atoms with Gasteiger partial charge in [0.15, 0.2) is 11.6 Å². The summed E-state index contributed by atoms with van der Waals surface area (Å²) < 4.78 is 14.4. The second kappa shape index (κ2) is 6.56. The Balaban J connectivity index is 2.27. The first kappa shape index (κ1) is 20.3. The normalized spacial score (nSPS) is 18.5. The van der Waals surface area contributed by atoms with Gasteiger partial charge in [-0.05, 0) is 75.6 Å². The molecule has 0 aromatic heterocycles. The topological polar surface area (TPSA) is 54.4 Å². The minimum Gasteiger partial charge on any atom is -0.510 e. The maximum Gasteiger partial charge on any atom is 0.179 e. The predicted octanol–water partition coefficient (Wildman–Crippen LogP) is 5.93. The molecule has 1 aliphatic rings. The van der Waals surface area contributed by atoms with Crippen LogP contribution in [0.15, 0.2) is 42.2 Å². The Morgan fingerprint density at radius 1 is 0.929 bits per heavy atom. The molecule has 0 spiro atoms. The van der Waals surface area contributed by atoms with Gasteiger partial charge in [0, 0.05) is 10.6 Å². The average molecular weight is 401 g/mol. The van der Waals surface area contributed by atoms with E-state index in [1.54, 1.807) is 65.0 Å². The molecule has 0 radical (unpaired) electrons. The number of halogens is 2. The fraction of sp³-hybridized carbons (Fsp3) is 0.304. The lowest BCUT2D eigenvalue weighted by atomic mass is 9.62. The number of hydrogen-bond acceptors (Lipinski definition) is 3. The molecule has 0 unspecified atom stereocenters. The third-order valence-corrected chi connectivity index (χ3v) is 5.74.